The maximum atomic E-state index is 14.7. The summed E-state index contributed by atoms with van der Waals surface area (Å²) in [6.45, 7) is 8.10. The van der Waals surface area contributed by atoms with Crippen LogP contribution < -0.4 is 0 Å². The van der Waals surface area contributed by atoms with E-state index < -0.39 is 35.4 Å². The number of carbonyl (C=O) groups is 2. The van der Waals surface area contributed by atoms with Crippen LogP contribution in [0.1, 0.15) is 39.2 Å². The molecule has 1 heterocycles. The highest BCUT2D eigenvalue weighted by Gasteiger charge is 2.57. The topological polar surface area (TPSA) is 55.8 Å². The largest absolute Gasteiger partial charge is 0.461 e. The van der Waals surface area contributed by atoms with Crippen LogP contribution in [0.2, 0.25) is 0 Å². The van der Waals surface area contributed by atoms with Crippen LogP contribution in [0.25, 0.3) is 0 Å². The minimum Gasteiger partial charge on any atom is -0.461 e. The number of alkyl halides is 2. The van der Waals surface area contributed by atoms with Gasteiger partial charge in [0, 0.05) is 13.1 Å². The molecule has 1 aliphatic heterocycles. The second-order valence-corrected chi connectivity index (χ2v) is 8.08. The van der Waals surface area contributed by atoms with E-state index in [1.807, 2.05) is 6.07 Å². The van der Waals surface area contributed by atoms with Crippen molar-refractivity contribution in [3.8, 4) is 0 Å². The zero-order valence-electron chi connectivity index (χ0n) is 16.5. The first-order chi connectivity index (χ1) is 13.0. The van der Waals surface area contributed by atoms with Crippen molar-refractivity contribution in [2.45, 2.75) is 51.7 Å². The summed E-state index contributed by atoms with van der Waals surface area (Å²) in [5.74, 6) is -4.08. The lowest BCUT2D eigenvalue weighted by Crippen LogP contribution is -2.45. The van der Waals surface area contributed by atoms with E-state index in [1.165, 1.54) is 4.90 Å². The van der Waals surface area contributed by atoms with E-state index in [1.54, 1.807) is 45.0 Å². The van der Waals surface area contributed by atoms with Gasteiger partial charge in [-0.1, -0.05) is 36.9 Å². The molecule has 1 aromatic carbocycles. The highest BCUT2D eigenvalue weighted by Crippen LogP contribution is 2.48. The molecule has 1 unspecified atom stereocenters. The number of amides is 1. The number of halogens is 2. The first-order valence-corrected chi connectivity index (χ1v) is 9.17. The molecule has 1 amide bonds. The Kier molecular flexibility index (Phi) is 6.47. The van der Waals surface area contributed by atoms with Gasteiger partial charge in [0.05, 0.1) is 11.8 Å². The van der Waals surface area contributed by atoms with Crippen LogP contribution in [0.3, 0.4) is 0 Å². The molecule has 154 valence electrons. The summed E-state index contributed by atoms with van der Waals surface area (Å²) >= 11 is 0. The lowest BCUT2D eigenvalue weighted by Gasteiger charge is -2.34. The Balaban J connectivity index is 2.09. The average Bonchev–Trinajstić information content (AvgIpc) is 3.05. The van der Waals surface area contributed by atoms with E-state index in [-0.39, 0.29) is 26.1 Å². The maximum Gasteiger partial charge on any atom is 0.410 e. The molecular formula is C21H27F2NO4. The van der Waals surface area contributed by atoms with Crippen LogP contribution in [0.15, 0.2) is 43.0 Å². The third-order valence-electron chi connectivity index (χ3n) is 4.69. The molecule has 2 rings (SSSR count). The number of ether oxygens (including phenoxy) is 2. The minimum atomic E-state index is -3.34. The molecule has 0 N–H and O–H groups in total. The Morgan fingerprint density at radius 1 is 1.25 bits per heavy atom. The average molecular weight is 395 g/mol. The van der Waals surface area contributed by atoms with Crippen LogP contribution in [-0.2, 0) is 20.9 Å². The molecule has 5 nitrogen and oxygen atoms in total. The van der Waals surface area contributed by atoms with Crippen LogP contribution in [0, 0.1) is 5.41 Å². The van der Waals surface area contributed by atoms with Gasteiger partial charge in [-0.3, -0.25) is 4.79 Å². The third kappa shape index (κ3) is 5.30. The van der Waals surface area contributed by atoms with Crippen molar-refractivity contribution in [1.82, 2.24) is 4.90 Å². The van der Waals surface area contributed by atoms with Gasteiger partial charge in [-0.05, 0) is 38.8 Å². The standard InChI is InChI=1S/C21H27F2NO4/c1-5-21(22,23)20(11-12-24(15-20)18(26)28-19(2,3)4)13-17(25)27-14-16-9-7-6-8-10-16/h5-10H,1,11-15H2,2-4H3. The van der Waals surface area contributed by atoms with Gasteiger partial charge in [0.1, 0.15) is 12.2 Å². The molecule has 0 radical (unpaired) electrons. The Hall–Kier alpha value is -2.44. The molecular weight excluding hydrogens is 368 g/mol. The summed E-state index contributed by atoms with van der Waals surface area (Å²) in [5, 5.41) is 0. The Morgan fingerprint density at radius 3 is 2.46 bits per heavy atom. The van der Waals surface area contributed by atoms with Crippen molar-refractivity contribution in [3.63, 3.8) is 0 Å². The summed E-state index contributed by atoms with van der Waals surface area (Å²) < 4.78 is 39.9. The second-order valence-electron chi connectivity index (χ2n) is 8.08. The van der Waals surface area contributed by atoms with Gasteiger partial charge in [0.15, 0.2) is 0 Å². The molecule has 28 heavy (non-hydrogen) atoms. The Morgan fingerprint density at radius 2 is 1.89 bits per heavy atom. The number of nitrogens with zero attached hydrogens (tertiary/aromatic N) is 1. The number of esters is 1. The quantitative estimate of drug-likeness (QED) is 0.523. The molecule has 0 aliphatic carbocycles. The van der Waals surface area contributed by atoms with Gasteiger partial charge in [-0.2, -0.15) is 0 Å². The fourth-order valence-electron chi connectivity index (χ4n) is 3.17. The number of carbonyl (C=O) groups excluding carboxylic acids is 2. The number of rotatable bonds is 6. The number of likely N-dealkylation sites (tertiary alicyclic amines) is 1. The molecule has 1 fully saturated rings. The second kappa shape index (κ2) is 8.29. The number of hydrogen-bond acceptors (Lipinski definition) is 4. The highest BCUT2D eigenvalue weighted by molar-refractivity contribution is 5.72. The predicted octanol–water partition coefficient (Wildman–Crippen LogP) is 4.57. The van der Waals surface area contributed by atoms with Crippen LogP contribution in [-0.4, -0.2) is 41.6 Å². The lowest BCUT2D eigenvalue weighted by atomic mass is 9.77. The van der Waals surface area contributed by atoms with Crippen molar-refractivity contribution in [3.05, 3.63) is 48.6 Å². The zero-order valence-corrected chi connectivity index (χ0v) is 16.5. The SMILES string of the molecule is C=CC(F)(F)C1(CC(=O)OCc2ccccc2)CCN(C(=O)OC(C)(C)C)C1. The maximum absolute atomic E-state index is 14.7. The van der Waals surface area contributed by atoms with Crippen LogP contribution in [0.4, 0.5) is 13.6 Å². The highest BCUT2D eigenvalue weighted by atomic mass is 19.3. The van der Waals surface area contributed by atoms with Crippen molar-refractivity contribution in [2.24, 2.45) is 5.41 Å². The molecule has 0 spiro atoms. The summed E-state index contributed by atoms with van der Waals surface area (Å²) in [4.78, 5) is 25.8. The minimum absolute atomic E-state index is 0.00515. The number of allylic oxidation sites excluding steroid dienone is 1. The number of benzene rings is 1. The molecule has 7 heteroatoms. The summed E-state index contributed by atoms with van der Waals surface area (Å²) in [5.41, 5.74) is -1.74. The van der Waals surface area contributed by atoms with Gasteiger partial charge >= 0.3 is 12.1 Å². The fraction of sp³-hybridized carbons (Fsp3) is 0.524. The molecule has 1 aromatic rings. The lowest BCUT2D eigenvalue weighted by molar-refractivity contribution is -0.155. The van der Waals surface area contributed by atoms with Crippen LogP contribution in [0.5, 0.6) is 0 Å². The van der Waals surface area contributed by atoms with Crippen molar-refractivity contribution < 1.29 is 27.8 Å². The van der Waals surface area contributed by atoms with Gasteiger partial charge in [0.2, 0.25) is 0 Å². The van der Waals surface area contributed by atoms with Gasteiger partial charge < -0.3 is 14.4 Å². The summed E-state index contributed by atoms with van der Waals surface area (Å²) in [7, 11) is 0. The zero-order chi connectivity index (χ0) is 21.0. The van der Waals surface area contributed by atoms with Gasteiger partial charge in [-0.15, -0.1) is 0 Å². The van der Waals surface area contributed by atoms with E-state index in [2.05, 4.69) is 6.58 Å². The Bertz CT molecular complexity index is 715. The fourth-order valence-corrected chi connectivity index (χ4v) is 3.17. The van der Waals surface area contributed by atoms with Crippen molar-refractivity contribution in [1.29, 1.82) is 0 Å². The third-order valence-corrected chi connectivity index (χ3v) is 4.69. The monoisotopic (exact) mass is 395 g/mol. The molecule has 0 aromatic heterocycles. The van der Waals surface area contributed by atoms with E-state index >= 15 is 0 Å². The van der Waals surface area contributed by atoms with Gasteiger partial charge in [-0.25, -0.2) is 13.6 Å². The van der Waals surface area contributed by atoms with Crippen molar-refractivity contribution >= 4 is 12.1 Å². The number of hydrogen-bond donors (Lipinski definition) is 0. The first-order valence-electron chi connectivity index (χ1n) is 9.17. The summed E-state index contributed by atoms with van der Waals surface area (Å²) in [6.07, 6.45) is -0.702. The predicted molar refractivity (Wildman–Crippen MR) is 101 cm³/mol. The van der Waals surface area contributed by atoms with E-state index in [0.717, 1.165) is 5.56 Å². The van der Waals surface area contributed by atoms with Gasteiger partial charge in [0.25, 0.3) is 5.92 Å². The molecule has 0 bridgehead atoms. The molecule has 0 saturated carbocycles. The van der Waals surface area contributed by atoms with E-state index in [0.29, 0.717) is 6.08 Å². The first kappa shape index (κ1) is 21.9. The molecule has 1 saturated heterocycles. The smallest absolute Gasteiger partial charge is 0.410 e. The van der Waals surface area contributed by atoms with E-state index in [9.17, 15) is 18.4 Å². The normalized spacial score (nSPS) is 20.0. The van der Waals surface area contributed by atoms with E-state index in [4.69, 9.17) is 9.47 Å². The van der Waals surface area contributed by atoms with Crippen molar-refractivity contribution in [2.75, 3.05) is 13.1 Å². The Labute approximate surface area is 164 Å². The molecule has 1 atom stereocenters. The molecule has 1 aliphatic rings. The summed E-state index contributed by atoms with van der Waals surface area (Å²) in [6, 6.07) is 8.98. The van der Waals surface area contributed by atoms with Crippen LogP contribution >= 0.6 is 0 Å².